The smallest absolute Gasteiger partial charge is 0.244 e. The van der Waals surface area contributed by atoms with E-state index in [4.69, 9.17) is 0 Å². The van der Waals surface area contributed by atoms with E-state index < -0.39 is 10.0 Å². The van der Waals surface area contributed by atoms with Crippen LogP contribution in [0.5, 0.6) is 0 Å². The second-order valence-corrected chi connectivity index (χ2v) is 8.44. The van der Waals surface area contributed by atoms with Crippen LogP contribution in [0.3, 0.4) is 0 Å². The maximum atomic E-state index is 12.8. The van der Waals surface area contributed by atoms with Gasteiger partial charge in [0.05, 0.1) is 4.90 Å². The van der Waals surface area contributed by atoms with Crippen molar-refractivity contribution in [3.8, 4) is 0 Å². The minimum Gasteiger partial charge on any atom is -0.315 e. The average molecular weight is 316 g/mol. The molecule has 20 heavy (non-hydrogen) atoms. The zero-order valence-corrected chi connectivity index (χ0v) is 14.1. The van der Waals surface area contributed by atoms with Crippen molar-refractivity contribution in [3.63, 3.8) is 0 Å². The predicted molar refractivity (Wildman–Crippen MR) is 83.5 cm³/mol. The molecule has 0 bridgehead atoms. The molecule has 2 heterocycles. The van der Waals surface area contributed by atoms with Gasteiger partial charge in [-0.05, 0) is 43.2 Å². The number of hydrogen-bond donors (Lipinski definition) is 1. The molecule has 0 spiro atoms. The summed E-state index contributed by atoms with van der Waals surface area (Å²) in [6, 6.07) is 1.74. The van der Waals surface area contributed by atoms with Gasteiger partial charge in [0.1, 0.15) is 0 Å². The van der Waals surface area contributed by atoms with E-state index in [-0.39, 0.29) is 5.41 Å². The summed E-state index contributed by atoms with van der Waals surface area (Å²) in [5.41, 5.74) is 0.173. The van der Waals surface area contributed by atoms with Crippen molar-refractivity contribution in [2.45, 2.75) is 44.6 Å². The highest BCUT2D eigenvalue weighted by atomic mass is 32.2. The summed E-state index contributed by atoms with van der Waals surface area (Å²) in [5.74, 6) is 0. The fraction of sp³-hybridized carbons (Fsp3) is 0.714. The van der Waals surface area contributed by atoms with Crippen LogP contribution in [0.25, 0.3) is 0 Å². The fourth-order valence-electron chi connectivity index (χ4n) is 2.91. The summed E-state index contributed by atoms with van der Waals surface area (Å²) in [7, 11) is -1.50. The Hall–Kier alpha value is -0.430. The molecule has 0 atom stereocenters. The first-order valence-electron chi connectivity index (χ1n) is 7.20. The van der Waals surface area contributed by atoms with Gasteiger partial charge in [-0.3, -0.25) is 0 Å². The monoisotopic (exact) mass is 316 g/mol. The maximum Gasteiger partial charge on any atom is 0.244 e. The molecule has 114 valence electrons. The summed E-state index contributed by atoms with van der Waals surface area (Å²) in [5, 5.41) is 4.90. The van der Waals surface area contributed by atoms with Crippen LogP contribution in [0.1, 0.15) is 38.0 Å². The SMILES string of the molecule is CCC1(CC)CCN(S(=O)(=O)c2ccsc2CNC)C1. The van der Waals surface area contributed by atoms with Gasteiger partial charge in [0.2, 0.25) is 10.0 Å². The van der Waals surface area contributed by atoms with Crippen molar-refractivity contribution >= 4 is 21.4 Å². The lowest BCUT2D eigenvalue weighted by Gasteiger charge is -2.26. The molecular formula is C14H24N2O2S2. The zero-order valence-electron chi connectivity index (χ0n) is 12.5. The van der Waals surface area contributed by atoms with Crippen LogP contribution >= 0.6 is 11.3 Å². The lowest BCUT2D eigenvalue weighted by molar-refractivity contribution is 0.279. The molecule has 2 rings (SSSR count). The van der Waals surface area contributed by atoms with E-state index in [1.165, 1.54) is 11.3 Å². The Bertz CT molecular complexity index is 547. The summed E-state index contributed by atoms with van der Waals surface area (Å²) in [6.07, 6.45) is 3.07. The van der Waals surface area contributed by atoms with Crippen molar-refractivity contribution < 1.29 is 8.42 Å². The van der Waals surface area contributed by atoms with Crippen LogP contribution in [0, 0.1) is 5.41 Å². The highest BCUT2D eigenvalue weighted by Gasteiger charge is 2.41. The average Bonchev–Trinajstić information content (AvgIpc) is 3.06. The topological polar surface area (TPSA) is 49.4 Å². The third kappa shape index (κ3) is 2.79. The Morgan fingerprint density at radius 2 is 2.10 bits per heavy atom. The van der Waals surface area contributed by atoms with Crippen LogP contribution in [-0.4, -0.2) is 32.9 Å². The van der Waals surface area contributed by atoms with Gasteiger partial charge in [-0.1, -0.05) is 13.8 Å². The molecule has 4 nitrogen and oxygen atoms in total. The Morgan fingerprint density at radius 1 is 1.40 bits per heavy atom. The maximum absolute atomic E-state index is 12.8. The first-order valence-corrected chi connectivity index (χ1v) is 9.52. The van der Waals surface area contributed by atoms with E-state index in [1.807, 2.05) is 12.4 Å². The van der Waals surface area contributed by atoms with Gasteiger partial charge >= 0.3 is 0 Å². The molecule has 1 aliphatic heterocycles. The van der Waals surface area contributed by atoms with Crippen molar-refractivity contribution in [2.24, 2.45) is 5.41 Å². The van der Waals surface area contributed by atoms with E-state index >= 15 is 0 Å². The Balaban J connectivity index is 2.26. The summed E-state index contributed by atoms with van der Waals surface area (Å²) in [6.45, 7) is 6.25. The van der Waals surface area contributed by atoms with Gasteiger partial charge in [-0.15, -0.1) is 11.3 Å². The number of nitrogens with one attached hydrogen (secondary N) is 1. The molecule has 0 aliphatic carbocycles. The minimum atomic E-state index is -3.34. The number of rotatable bonds is 6. The fourth-order valence-corrected chi connectivity index (χ4v) is 5.89. The molecular weight excluding hydrogens is 292 g/mol. The molecule has 0 aromatic carbocycles. The van der Waals surface area contributed by atoms with Crippen LogP contribution in [0.15, 0.2) is 16.3 Å². The van der Waals surface area contributed by atoms with E-state index in [0.29, 0.717) is 24.5 Å². The molecule has 6 heteroatoms. The third-order valence-electron chi connectivity index (χ3n) is 4.56. The summed E-state index contributed by atoms with van der Waals surface area (Å²) >= 11 is 1.50. The largest absolute Gasteiger partial charge is 0.315 e. The van der Waals surface area contributed by atoms with Crippen LogP contribution in [-0.2, 0) is 16.6 Å². The van der Waals surface area contributed by atoms with Crippen molar-refractivity contribution in [1.82, 2.24) is 9.62 Å². The quantitative estimate of drug-likeness (QED) is 0.878. The highest BCUT2D eigenvalue weighted by molar-refractivity contribution is 7.89. The van der Waals surface area contributed by atoms with Crippen LogP contribution in [0.4, 0.5) is 0 Å². The zero-order chi connectivity index (χ0) is 14.8. The van der Waals surface area contributed by atoms with Crippen LogP contribution in [0.2, 0.25) is 0 Å². The number of nitrogens with zero attached hydrogens (tertiary/aromatic N) is 1. The van der Waals surface area contributed by atoms with Gasteiger partial charge in [-0.2, -0.15) is 4.31 Å². The van der Waals surface area contributed by atoms with Gasteiger partial charge in [0, 0.05) is 24.5 Å². The Morgan fingerprint density at radius 3 is 2.65 bits per heavy atom. The predicted octanol–water partition coefficient (Wildman–Crippen LogP) is 2.67. The van der Waals surface area contributed by atoms with Gasteiger partial charge in [-0.25, -0.2) is 8.42 Å². The number of thiophene rings is 1. The Labute approximate surface area is 126 Å². The molecule has 1 N–H and O–H groups in total. The molecule has 0 saturated carbocycles. The molecule has 0 amide bonds. The number of sulfonamides is 1. The second-order valence-electron chi connectivity index (χ2n) is 5.53. The number of hydrogen-bond acceptors (Lipinski definition) is 4. The first-order chi connectivity index (χ1) is 9.49. The van der Waals surface area contributed by atoms with Gasteiger partial charge < -0.3 is 5.32 Å². The molecule has 1 aromatic rings. The first kappa shape index (κ1) is 15.9. The summed E-state index contributed by atoms with van der Waals surface area (Å²) in [4.78, 5) is 1.39. The van der Waals surface area contributed by atoms with Gasteiger partial charge in [0.15, 0.2) is 0 Å². The normalized spacial score (nSPS) is 19.6. The lowest BCUT2D eigenvalue weighted by atomic mass is 9.82. The van der Waals surface area contributed by atoms with Gasteiger partial charge in [0.25, 0.3) is 0 Å². The van der Waals surface area contributed by atoms with Crippen molar-refractivity contribution in [1.29, 1.82) is 0 Å². The highest BCUT2D eigenvalue weighted by Crippen LogP contribution is 2.40. The molecule has 1 saturated heterocycles. The molecule has 1 fully saturated rings. The van der Waals surface area contributed by atoms with E-state index in [0.717, 1.165) is 24.1 Å². The van der Waals surface area contributed by atoms with E-state index in [9.17, 15) is 8.42 Å². The van der Waals surface area contributed by atoms with Crippen LogP contribution < -0.4 is 5.32 Å². The van der Waals surface area contributed by atoms with E-state index in [1.54, 1.807) is 10.4 Å². The summed E-state index contributed by atoms with van der Waals surface area (Å²) < 4.78 is 27.3. The van der Waals surface area contributed by atoms with Crippen molar-refractivity contribution in [3.05, 3.63) is 16.3 Å². The van der Waals surface area contributed by atoms with Crippen molar-refractivity contribution in [2.75, 3.05) is 20.1 Å². The van der Waals surface area contributed by atoms with E-state index in [2.05, 4.69) is 19.2 Å². The second kappa shape index (κ2) is 6.13. The molecule has 1 aliphatic rings. The lowest BCUT2D eigenvalue weighted by Crippen LogP contribution is -2.32. The molecule has 0 unspecified atom stereocenters. The minimum absolute atomic E-state index is 0.173. The third-order valence-corrected chi connectivity index (χ3v) is 7.54. The standard InChI is InChI=1S/C14H24N2O2S2/c1-4-14(5-2)7-8-16(11-14)20(17,18)13-6-9-19-12(13)10-15-3/h6,9,15H,4-5,7-8,10-11H2,1-3H3. The molecule has 0 radical (unpaired) electrons. The Kier molecular flexibility index (Phi) is 4.89. The molecule has 1 aromatic heterocycles.